The highest BCUT2D eigenvalue weighted by atomic mass is 32.2. The maximum absolute atomic E-state index is 13.3. The van der Waals surface area contributed by atoms with Crippen LogP contribution in [-0.2, 0) is 14.6 Å². The van der Waals surface area contributed by atoms with Crippen LogP contribution in [0.15, 0.2) is 29.2 Å². The number of amides is 1. The largest absolute Gasteiger partial charge is 0.390 e. The van der Waals surface area contributed by atoms with E-state index in [0.717, 1.165) is 18.5 Å². The summed E-state index contributed by atoms with van der Waals surface area (Å²) in [5, 5.41) is 10.2. The third-order valence-corrected chi connectivity index (χ3v) is 7.60. The fourth-order valence-corrected chi connectivity index (χ4v) is 5.18. The van der Waals surface area contributed by atoms with Gasteiger partial charge in [-0.2, -0.15) is 0 Å². The van der Waals surface area contributed by atoms with Crippen LogP contribution in [0.5, 0.6) is 0 Å². The highest BCUT2D eigenvalue weighted by molar-refractivity contribution is 7.90. The molecule has 6 nitrogen and oxygen atoms in total. The number of nitrogens with zero attached hydrogens (tertiary/aromatic N) is 2. The van der Waals surface area contributed by atoms with E-state index in [-0.39, 0.29) is 17.9 Å². The van der Waals surface area contributed by atoms with Crippen LogP contribution < -0.4 is 4.90 Å². The van der Waals surface area contributed by atoms with Crippen LogP contribution >= 0.6 is 0 Å². The van der Waals surface area contributed by atoms with Crippen LogP contribution in [0.1, 0.15) is 46.5 Å². The number of hydrogen-bond acceptors (Lipinski definition) is 5. The van der Waals surface area contributed by atoms with E-state index in [1.165, 1.54) is 6.26 Å². The Kier molecular flexibility index (Phi) is 6.30. The van der Waals surface area contributed by atoms with Crippen molar-refractivity contribution in [2.75, 3.05) is 30.8 Å². The third-order valence-electron chi connectivity index (χ3n) is 6.49. The molecule has 0 aromatic heterocycles. The molecule has 2 aliphatic rings. The number of hydrogen-bond donors (Lipinski definition) is 1. The maximum atomic E-state index is 13.3. The molecule has 162 valence electrons. The number of anilines is 1. The smallest absolute Gasteiger partial charge is 0.226 e. The van der Waals surface area contributed by atoms with Crippen molar-refractivity contribution in [1.29, 1.82) is 0 Å². The lowest BCUT2D eigenvalue weighted by Gasteiger charge is -2.46. The number of carbonyl (C=O) groups is 1. The summed E-state index contributed by atoms with van der Waals surface area (Å²) < 4.78 is 23.8. The molecular weight excluding hydrogens is 388 g/mol. The van der Waals surface area contributed by atoms with Gasteiger partial charge in [0, 0.05) is 37.5 Å². The molecule has 0 spiro atoms. The third kappa shape index (κ3) is 5.12. The predicted molar refractivity (Wildman–Crippen MR) is 115 cm³/mol. The van der Waals surface area contributed by atoms with E-state index in [2.05, 4.69) is 18.7 Å². The number of piperazine rings is 1. The molecular formula is C22H34N2O4S. The van der Waals surface area contributed by atoms with Gasteiger partial charge in [0.1, 0.15) is 0 Å². The topological polar surface area (TPSA) is 77.9 Å². The van der Waals surface area contributed by atoms with Crippen molar-refractivity contribution >= 4 is 21.4 Å². The standard InChI is InChI=1S/C22H34N2O4S/c1-16(2)20-15-23(18-6-5-7-19(14-18)29(4,27)28)12-13-24(20)21(25)17-8-10-22(3,26)11-9-17/h5-7,14,16-17,20,26H,8-13,15H2,1-4H3/t17?,20-,22?/m0/s1. The average Bonchev–Trinajstić information content (AvgIpc) is 2.66. The van der Waals surface area contributed by atoms with Gasteiger partial charge in [0.15, 0.2) is 9.84 Å². The second kappa shape index (κ2) is 8.26. The Balaban J connectivity index is 1.74. The minimum Gasteiger partial charge on any atom is -0.390 e. The van der Waals surface area contributed by atoms with Crippen LogP contribution in [0.2, 0.25) is 0 Å². The molecule has 1 atom stereocenters. The quantitative estimate of drug-likeness (QED) is 0.807. The molecule has 0 bridgehead atoms. The summed E-state index contributed by atoms with van der Waals surface area (Å²) >= 11 is 0. The minimum atomic E-state index is -3.25. The highest BCUT2D eigenvalue weighted by Gasteiger charge is 2.38. The lowest BCUT2D eigenvalue weighted by Crippen LogP contribution is -2.58. The molecule has 1 amide bonds. The van der Waals surface area contributed by atoms with E-state index in [9.17, 15) is 18.3 Å². The Labute approximate surface area is 174 Å². The number of sulfone groups is 1. The second-order valence-electron chi connectivity index (χ2n) is 9.33. The van der Waals surface area contributed by atoms with Gasteiger partial charge in [0.05, 0.1) is 16.5 Å². The Morgan fingerprint density at radius 2 is 1.86 bits per heavy atom. The van der Waals surface area contributed by atoms with Gasteiger partial charge < -0.3 is 14.9 Å². The molecule has 7 heteroatoms. The monoisotopic (exact) mass is 422 g/mol. The molecule has 0 unspecified atom stereocenters. The Bertz CT molecular complexity index is 840. The van der Waals surface area contributed by atoms with Gasteiger partial charge in [-0.05, 0) is 56.7 Å². The van der Waals surface area contributed by atoms with Crippen LogP contribution in [0, 0.1) is 11.8 Å². The normalized spacial score (nSPS) is 28.6. The van der Waals surface area contributed by atoms with E-state index in [0.29, 0.717) is 43.3 Å². The average molecular weight is 423 g/mol. The Morgan fingerprint density at radius 3 is 2.45 bits per heavy atom. The van der Waals surface area contributed by atoms with E-state index in [1.54, 1.807) is 18.2 Å². The molecule has 1 aromatic rings. The summed E-state index contributed by atoms with van der Waals surface area (Å²) in [5.41, 5.74) is 0.247. The van der Waals surface area contributed by atoms with Gasteiger partial charge in [0.25, 0.3) is 0 Å². The number of benzene rings is 1. The van der Waals surface area contributed by atoms with Crippen molar-refractivity contribution in [3.8, 4) is 0 Å². The Hall–Kier alpha value is -1.60. The first-order chi connectivity index (χ1) is 13.5. The van der Waals surface area contributed by atoms with Crippen molar-refractivity contribution in [3.63, 3.8) is 0 Å². The summed E-state index contributed by atoms with van der Waals surface area (Å²) in [6.07, 6.45) is 4.06. The van der Waals surface area contributed by atoms with E-state index in [1.807, 2.05) is 17.9 Å². The molecule has 3 rings (SSSR count). The van der Waals surface area contributed by atoms with E-state index >= 15 is 0 Å². The fraction of sp³-hybridized carbons (Fsp3) is 0.682. The molecule has 1 aliphatic heterocycles. The van der Waals surface area contributed by atoms with Gasteiger partial charge in [-0.15, -0.1) is 0 Å². The van der Waals surface area contributed by atoms with Gasteiger partial charge in [-0.1, -0.05) is 19.9 Å². The first kappa shape index (κ1) is 22.1. The molecule has 1 aliphatic carbocycles. The predicted octanol–water partition coefficient (Wildman–Crippen LogP) is 2.70. The van der Waals surface area contributed by atoms with Crippen molar-refractivity contribution in [3.05, 3.63) is 24.3 Å². The lowest BCUT2D eigenvalue weighted by atomic mass is 9.79. The molecule has 1 saturated heterocycles. The first-order valence-corrected chi connectivity index (χ1v) is 12.4. The van der Waals surface area contributed by atoms with Crippen LogP contribution in [0.4, 0.5) is 5.69 Å². The SMILES string of the molecule is CC(C)[C@@H]1CN(c2cccc(S(C)(=O)=O)c2)CCN1C(=O)C1CCC(C)(O)CC1. The van der Waals surface area contributed by atoms with Crippen LogP contribution in [-0.4, -0.2) is 61.9 Å². The summed E-state index contributed by atoms with van der Waals surface area (Å²) in [7, 11) is -3.25. The fourth-order valence-electron chi connectivity index (χ4n) is 4.52. The van der Waals surface area contributed by atoms with E-state index in [4.69, 9.17) is 0 Å². The van der Waals surface area contributed by atoms with Crippen LogP contribution in [0.3, 0.4) is 0 Å². The zero-order chi connectivity index (χ0) is 21.4. The molecule has 29 heavy (non-hydrogen) atoms. The zero-order valence-corrected chi connectivity index (χ0v) is 18.8. The molecule has 0 radical (unpaired) electrons. The number of carbonyl (C=O) groups excluding carboxylic acids is 1. The van der Waals surface area contributed by atoms with Gasteiger partial charge in [-0.25, -0.2) is 8.42 Å². The Morgan fingerprint density at radius 1 is 1.21 bits per heavy atom. The van der Waals surface area contributed by atoms with Crippen molar-refractivity contribution < 1.29 is 18.3 Å². The summed E-state index contributed by atoms with van der Waals surface area (Å²) in [5.74, 6) is 0.506. The minimum absolute atomic E-state index is 0.00316. The van der Waals surface area contributed by atoms with Crippen LogP contribution in [0.25, 0.3) is 0 Å². The van der Waals surface area contributed by atoms with Crippen molar-refractivity contribution in [1.82, 2.24) is 4.90 Å². The van der Waals surface area contributed by atoms with Gasteiger partial charge >= 0.3 is 0 Å². The molecule has 1 heterocycles. The summed E-state index contributed by atoms with van der Waals surface area (Å²) in [6.45, 7) is 8.14. The van der Waals surface area contributed by atoms with E-state index < -0.39 is 15.4 Å². The zero-order valence-electron chi connectivity index (χ0n) is 18.0. The number of rotatable bonds is 4. The summed E-state index contributed by atoms with van der Waals surface area (Å²) in [4.78, 5) is 17.8. The maximum Gasteiger partial charge on any atom is 0.226 e. The highest BCUT2D eigenvalue weighted by Crippen LogP contribution is 2.34. The number of aliphatic hydroxyl groups is 1. The second-order valence-corrected chi connectivity index (χ2v) is 11.3. The molecule has 1 N–H and O–H groups in total. The molecule has 1 aromatic carbocycles. The molecule has 2 fully saturated rings. The van der Waals surface area contributed by atoms with Crippen molar-refractivity contribution in [2.45, 2.75) is 63.0 Å². The first-order valence-electron chi connectivity index (χ1n) is 10.6. The van der Waals surface area contributed by atoms with Gasteiger partial charge in [-0.3, -0.25) is 4.79 Å². The van der Waals surface area contributed by atoms with Crippen molar-refractivity contribution in [2.24, 2.45) is 11.8 Å². The summed E-state index contributed by atoms with van der Waals surface area (Å²) in [6, 6.07) is 7.15. The lowest BCUT2D eigenvalue weighted by molar-refractivity contribution is -0.142. The molecule has 1 saturated carbocycles. The van der Waals surface area contributed by atoms with Gasteiger partial charge in [0.2, 0.25) is 5.91 Å².